The van der Waals surface area contributed by atoms with Gasteiger partial charge in [0.1, 0.15) is 5.60 Å². The Morgan fingerprint density at radius 2 is 2.00 bits per heavy atom. The molecule has 0 unspecified atom stereocenters. The standard InChI is InChI=1S/C20H26N4O3/c1-12-6-7-13(2)15(10-12)18(25)21-17-14-8-9-24(11-16(14)22-23-17)19(26)27-20(3,4)5/h6-7,10H,8-9,11H2,1-5H3,(H2,21,22,23,25). The summed E-state index contributed by atoms with van der Waals surface area (Å²) in [4.78, 5) is 26.6. The van der Waals surface area contributed by atoms with Crippen LogP contribution in [0.4, 0.5) is 10.6 Å². The van der Waals surface area contributed by atoms with E-state index < -0.39 is 5.60 Å². The minimum absolute atomic E-state index is 0.180. The molecule has 7 heteroatoms. The lowest BCUT2D eigenvalue weighted by atomic mass is 10.0. The molecule has 2 heterocycles. The Balaban J connectivity index is 1.72. The first-order chi connectivity index (χ1) is 12.6. The molecule has 0 fully saturated rings. The van der Waals surface area contributed by atoms with E-state index in [0.717, 1.165) is 22.4 Å². The third kappa shape index (κ3) is 4.30. The number of hydrogen-bond acceptors (Lipinski definition) is 4. The van der Waals surface area contributed by atoms with Crippen molar-refractivity contribution in [3.63, 3.8) is 0 Å². The number of ether oxygens (including phenoxy) is 1. The van der Waals surface area contributed by atoms with Crippen molar-refractivity contribution in [2.24, 2.45) is 0 Å². The van der Waals surface area contributed by atoms with E-state index >= 15 is 0 Å². The molecule has 0 bridgehead atoms. The third-order valence-corrected chi connectivity index (χ3v) is 4.45. The molecule has 0 saturated carbocycles. The predicted molar refractivity (Wildman–Crippen MR) is 103 cm³/mol. The number of carbonyl (C=O) groups excluding carboxylic acids is 2. The van der Waals surface area contributed by atoms with Crippen molar-refractivity contribution >= 4 is 17.8 Å². The van der Waals surface area contributed by atoms with E-state index in [1.165, 1.54) is 0 Å². The quantitative estimate of drug-likeness (QED) is 0.846. The fourth-order valence-corrected chi connectivity index (χ4v) is 3.06. The van der Waals surface area contributed by atoms with Crippen LogP contribution in [0.25, 0.3) is 0 Å². The highest BCUT2D eigenvalue weighted by Gasteiger charge is 2.29. The summed E-state index contributed by atoms with van der Waals surface area (Å²) in [5.74, 6) is 0.347. The second kappa shape index (κ2) is 7.06. The minimum Gasteiger partial charge on any atom is -0.444 e. The fraction of sp³-hybridized carbons (Fsp3) is 0.450. The van der Waals surface area contributed by atoms with E-state index in [0.29, 0.717) is 30.9 Å². The van der Waals surface area contributed by atoms with Crippen LogP contribution in [0, 0.1) is 13.8 Å². The smallest absolute Gasteiger partial charge is 0.410 e. The maximum atomic E-state index is 12.7. The highest BCUT2D eigenvalue weighted by Crippen LogP contribution is 2.25. The zero-order valence-corrected chi connectivity index (χ0v) is 16.5. The van der Waals surface area contributed by atoms with Gasteiger partial charge in [-0.25, -0.2) is 4.79 Å². The van der Waals surface area contributed by atoms with E-state index in [9.17, 15) is 9.59 Å². The summed E-state index contributed by atoms with van der Waals surface area (Å²) in [5, 5.41) is 10.1. The largest absolute Gasteiger partial charge is 0.444 e. The molecular formula is C20H26N4O3. The number of fused-ring (bicyclic) bond motifs is 1. The van der Waals surface area contributed by atoms with Crippen LogP contribution < -0.4 is 5.32 Å². The Morgan fingerprint density at radius 3 is 2.70 bits per heavy atom. The summed E-state index contributed by atoms with van der Waals surface area (Å²) >= 11 is 0. The van der Waals surface area contributed by atoms with E-state index in [2.05, 4.69) is 15.5 Å². The SMILES string of the molecule is Cc1ccc(C)c(C(=O)Nc2n[nH]c3c2CCN(C(=O)OC(C)(C)C)C3)c1. The number of aromatic nitrogens is 2. The second-order valence-electron chi connectivity index (χ2n) is 7.95. The van der Waals surface area contributed by atoms with Gasteiger partial charge in [-0.05, 0) is 52.7 Å². The van der Waals surface area contributed by atoms with Gasteiger partial charge in [-0.2, -0.15) is 5.10 Å². The lowest BCUT2D eigenvalue weighted by Crippen LogP contribution is -2.39. The van der Waals surface area contributed by atoms with Crippen molar-refractivity contribution in [1.29, 1.82) is 0 Å². The molecule has 2 N–H and O–H groups in total. The number of rotatable bonds is 2. The molecule has 27 heavy (non-hydrogen) atoms. The van der Waals surface area contributed by atoms with Gasteiger partial charge in [0.2, 0.25) is 0 Å². The molecule has 0 spiro atoms. The van der Waals surface area contributed by atoms with Crippen molar-refractivity contribution in [3.8, 4) is 0 Å². The number of amides is 2. The van der Waals surface area contributed by atoms with Gasteiger partial charge >= 0.3 is 6.09 Å². The average Bonchev–Trinajstić information content (AvgIpc) is 2.97. The highest BCUT2D eigenvalue weighted by atomic mass is 16.6. The molecule has 0 saturated heterocycles. The molecule has 3 rings (SSSR count). The number of nitrogens with zero attached hydrogens (tertiary/aromatic N) is 2. The van der Waals surface area contributed by atoms with Crippen molar-refractivity contribution in [2.75, 3.05) is 11.9 Å². The normalized spacial score (nSPS) is 13.9. The molecule has 7 nitrogen and oxygen atoms in total. The number of H-pyrrole nitrogens is 1. The summed E-state index contributed by atoms with van der Waals surface area (Å²) < 4.78 is 5.43. The molecule has 2 aromatic rings. The van der Waals surface area contributed by atoms with Crippen LogP contribution in [0.2, 0.25) is 0 Å². The molecule has 144 valence electrons. The first-order valence-corrected chi connectivity index (χ1v) is 9.06. The Bertz CT molecular complexity index is 880. The molecule has 1 aliphatic heterocycles. The topological polar surface area (TPSA) is 87.3 Å². The number of carbonyl (C=O) groups is 2. The van der Waals surface area contributed by atoms with Crippen LogP contribution in [0.15, 0.2) is 18.2 Å². The van der Waals surface area contributed by atoms with Gasteiger partial charge in [-0.1, -0.05) is 17.7 Å². The molecule has 0 atom stereocenters. The number of nitrogens with one attached hydrogen (secondary N) is 2. The van der Waals surface area contributed by atoms with Crippen molar-refractivity contribution < 1.29 is 14.3 Å². The van der Waals surface area contributed by atoms with Gasteiger partial charge in [0.25, 0.3) is 5.91 Å². The lowest BCUT2D eigenvalue weighted by Gasteiger charge is -2.29. The van der Waals surface area contributed by atoms with Crippen LogP contribution in [0.1, 0.15) is 53.5 Å². The van der Waals surface area contributed by atoms with Crippen molar-refractivity contribution in [2.45, 2.75) is 53.2 Å². The molecule has 0 radical (unpaired) electrons. The molecule has 2 amide bonds. The molecule has 0 aliphatic carbocycles. The van der Waals surface area contributed by atoms with Crippen LogP contribution in [0.5, 0.6) is 0 Å². The first kappa shape index (κ1) is 18.9. The van der Waals surface area contributed by atoms with E-state index in [1.807, 2.05) is 52.8 Å². The zero-order chi connectivity index (χ0) is 19.8. The molecule has 1 aliphatic rings. The molecular weight excluding hydrogens is 344 g/mol. The Kier molecular flexibility index (Phi) is 4.95. The predicted octanol–water partition coefficient (Wildman–Crippen LogP) is 3.57. The molecule has 1 aromatic heterocycles. The number of benzene rings is 1. The first-order valence-electron chi connectivity index (χ1n) is 9.06. The van der Waals surface area contributed by atoms with Gasteiger partial charge in [-0.3, -0.25) is 9.89 Å². The van der Waals surface area contributed by atoms with Gasteiger partial charge in [0, 0.05) is 17.7 Å². The minimum atomic E-state index is -0.532. The van der Waals surface area contributed by atoms with E-state index in [1.54, 1.807) is 4.90 Å². The number of hydrogen-bond donors (Lipinski definition) is 2. The number of aromatic amines is 1. The number of aryl methyl sites for hydroxylation is 2. The summed E-state index contributed by atoms with van der Waals surface area (Å²) in [6, 6.07) is 5.78. The Labute approximate surface area is 159 Å². The maximum Gasteiger partial charge on any atom is 0.410 e. The lowest BCUT2D eigenvalue weighted by molar-refractivity contribution is 0.0221. The van der Waals surface area contributed by atoms with Crippen molar-refractivity contribution in [3.05, 3.63) is 46.1 Å². The second-order valence-corrected chi connectivity index (χ2v) is 7.95. The summed E-state index contributed by atoms with van der Waals surface area (Å²) in [7, 11) is 0. The third-order valence-electron chi connectivity index (χ3n) is 4.45. The van der Waals surface area contributed by atoms with Crippen LogP contribution in [0.3, 0.4) is 0 Å². The van der Waals surface area contributed by atoms with Gasteiger partial charge in [0.15, 0.2) is 5.82 Å². The molecule has 1 aromatic carbocycles. The van der Waals surface area contributed by atoms with Crippen molar-refractivity contribution in [1.82, 2.24) is 15.1 Å². The highest BCUT2D eigenvalue weighted by molar-refractivity contribution is 6.05. The summed E-state index contributed by atoms with van der Waals surface area (Å²) in [6.45, 7) is 10.3. The van der Waals surface area contributed by atoms with Crippen LogP contribution in [-0.4, -0.2) is 39.2 Å². The van der Waals surface area contributed by atoms with Gasteiger partial charge < -0.3 is 15.0 Å². The Hall–Kier alpha value is -2.83. The van der Waals surface area contributed by atoms with Gasteiger partial charge in [0.05, 0.1) is 12.2 Å². The maximum absolute atomic E-state index is 12.7. The summed E-state index contributed by atoms with van der Waals surface area (Å²) in [5.41, 5.74) is 3.81. The van der Waals surface area contributed by atoms with E-state index in [-0.39, 0.29) is 12.0 Å². The van der Waals surface area contributed by atoms with Crippen LogP contribution >= 0.6 is 0 Å². The van der Waals surface area contributed by atoms with Gasteiger partial charge in [-0.15, -0.1) is 0 Å². The monoisotopic (exact) mass is 370 g/mol. The summed E-state index contributed by atoms with van der Waals surface area (Å²) in [6.07, 6.45) is 0.261. The van der Waals surface area contributed by atoms with E-state index in [4.69, 9.17) is 4.74 Å². The average molecular weight is 370 g/mol. The Morgan fingerprint density at radius 1 is 1.26 bits per heavy atom. The zero-order valence-electron chi connectivity index (χ0n) is 16.5. The fourth-order valence-electron chi connectivity index (χ4n) is 3.06. The number of anilines is 1. The van der Waals surface area contributed by atoms with Crippen LogP contribution in [-0.2, 0) is 17.7 Å².